The Morgan fingerprint density at radius 3 is 2.39 bits per heavy atom. The summed E-state index contributed by atoms with van der Waals surface area (Å²) in [6.07, 6.45) is 1.61. The summed E-state index contributed by atoms with van der Waals surface area (Å²) in [5, 5.41) is 6.10. The van der Waals surface area contributed by atoms with Gasteiger partial charge in [-0.15, -0.1) is 0 Å². The van der Waals surface area contributed by atoms with E-state index in [1.165, 1.54) is 17.7 Å². The van der Waals surface area contributed by atoms with Gasteiger partial charge in [-0.05, 0) is 79.6 Å². The lowest BCUT2D eigenvalue weighted by Crippen LogP contribution is -2.12. The number of carbonyl (C=O) groups is 1. The largest absolute Gasteiger partial charge is 0.340 e. The van der Waals surface area contributed by atoms with E-state index in [-0.39, 0.29) is 11.7 Å². The third-order valence-electron chi connectivity index (χ3n) is 4.92. The second kappa shape index (κ2) is 8.75. The van der Waals surface area contributed by atoms with Gasteiger partial charge in [-0.3, -0.25) is 4.79 Å². The number of carbonyl (C=O) groups excluding carboxylic acids is 1. The topological polar surface area (TPSA) is 66.9 Å². The first-order chi connectivity index (χ1) is 15.0. The van der Waals surface area contributed by atoms with Crippen LogP contribution in [0.25, 0.3) is 11.4 Å². The number of rotatable bonds is 5. The van der Waals surface area contributed by atoms with Crippen LogP contribution in [0.2, 0.25) is 0 Å². The molecule has 31 heavy (non-hydrogen) atoms. The maximum absolute atomic E-state index is 13.5. The van der Waals surface area contributed by atoms with Gasteiger partial charge in [0.15, 0.2) is 5.82 Å². The summed E-state index contributed by atoms with van der Waals surface area (Å²) >= 11 is 0. The highest BCUT2D eigenvalue weighted by Crippen LogP contribution is 2.21. The highest BCUT2D eigenvalue weighted by atomic mass is 19.1. The Bertz CT molecular complexity index is 1240. The van der Waals surface area contributed by atoms with Crippen molar-refractivity contribution in [2.45, 2.75) is 13.8 Å². The minimum absolute atomic E-state index is 0.176. The van der Waals surface area contributed by atoms with Crippen LogP contribution in [-0.2, 0) is 0 Å². The normalized spacial score (nSPS) is 10.5. The quantitative estimate of drug-likeness (QED) is 0.429. The number of nitrogens with zero attached hydrogens (tertiary/aromatic N) is 2. The number of aromatic nitrogens is 2. The van der Waals surface area contributed by atoms with Crippen LogP contribution in [0, 0.1) is 19.7 Å². The maximum atomic E-state index is 13.5. The molecule has 0 aliphatic carbocycles. The molecule has 154 valence electrons. The lowest BCUT2D eigenvalue weighted by Gasteiger charge is -2.10. The van der Waals surface area contributed by atoms with Gasteiger partial charge in [-0.25, -0.2) is 14.4 Å². The number of benzene rings is 3. The first-order valence-electron chi connectivity index (χ1n) is 9.82. The molecule has 3 aromatic carbocycles. The van der Waals surface area contributed by atoms with E-state index < -0.39 is 0 Å². The number of hydrogen-bond acceptors (Lipinski definition) is 4. The van der Waals surface area contributed by atoms with Crippen LogP contribution >= 0.6 is 0 Å². The molecule has 4 rings (SSSR count). The third kappa shape index (κ3) is 4.93. The summed E-state index contributed by atoms with van der Waals surface area (Å²) in [4.78, 5) is 21.2. The molecule has 5 nitrogen and oxygen atoms in total. The molecule has 0 bridgehead atoms. The zero-order valence-corrected chi connectivity index (χ0v) is 17.2. The number of anilines is 3. The Labute approximate surface area is 180 Å². The summed E-state index contributed by atoms with van der Waals surface area (Å²) < 4.78 is 13.5. The average molecular weight is 412 g/mol. The van der Waals surface area contributed by atoms with Gasteiger partial charge < -0.3 is 10.6 Å². The summed E-state index contributed by atoms with van der Waals surface area (Å²) in [5.74, 6) is 0.481. The van der Waals surface area contributed by atoms with Crippen molar-refractivity contribution in [1.82, 2.24) is 9.97 Å². The number of halogens is 1. The van der Waals surface area contributed by atoms with Gasteiger partial charge in [0.1, 0.15) is 11.6 Å². The molecule has 0 radical (unpaired) electrons. The Morgan fingerprint density at radius 2 is 1.65 bits per heavy atom. The van der Waals surface area contributed by atoms with Gasteiger partial charge in [0.2, 0.25) is 0 Å². The molecule has 1 heterocycles. The van der Waals surface area contributed by atoms with Gasteiger partial charge in [0, 0.05) is 28.7 Å². The summed E-state index contributed by atoms with van der Waals surface area (Å²) in [5.41, 5.74) is 4.99. The monoisotopic (exact) mass is 412 g/mol. The van der Waals surface area contributed by atoms with Crippen LogP contribution in [-0.4, -0.2) is 15.9 Å². The van der Waals surface area contributed by atoms with Gasteiger partial charge in [-0.2, -0.15) is 0 Å². The smallest absolute Gasteiger partial charge is 0.255 e. The van der Waals surface area contributed by atoms with E-state index in [0.717, 1.165) is 16.9 Å². The van der Waals surface area contributed by atoms with Crippen molar-refractivity contribution in [2.24, 2.45) is 0 Å². The molecular weight excluding hydrogens is 391 g/mol. The van der Waals surface area contributed by atoms with Crippen molar-refractivity contribution >= 4 is 23.1 Å². The number of amides is 1. The molecule has 4 aromatic rings. The first kappa shape index (κ1) is 20.2. The Balaban J connectivity index is 1.45. The molecule has 0 saturated heterocycles. The van der Waals surface area contributed by atoms with Crippen molar-refractivity contribution in [2.75, 3.05) is 10.6 Å². The van der Waals surface area contributed by atoms with Gasteiger partial charge in [0.05, 0.1) is 0 Å². The fraction of sp³-hybridized carbons (Fsp3) is 0.0800. The van der Waals surface area contributed by atoms with Crippen LogP contribution < -0.4 is 10.6 Å². The zero-order valence-electron chi connectivity index (χ0n) is 17.2. The van der Waals surface area contributed by atoms with Crippen LogP contribution in [0.4, 0.5) is 21.6 Å². The van der Waals surface area contributed by atoms with E-state index in [1.807, 2.05) is 32.0 Å². The van der Waals surface area contributed by atoms with Crippen LogP contribution in [0.1, 0.15) is 21.5 Å². The molecule has 0 unspecified atom stereocenters. The second-order valence-electron chi connectivity index (χ2n) is 7.23. The van der Waals surface area contributed by atoms with Crippen LogP contribution in [0.5, 0.6) is 0 Å². The molecular formula is C25H21FN4O. The summed E-state index contributed by atoms with van der Waals surface area (Å²) in [7, 11) is 0. The zero-order chi connectivity index (χ0) is 21.8. The van der Waals surface area contributed by atoms with E-state index in [4.69, 9.17) is 0 Å². The average Bonchev–Trinajstić information content (AvgIpc) is 2.77. The molecule has 0 atom stereocenters. The minimum atomic E-state index is -0.339. The van der Waals surface area contributed by atoms with E-state index in [1.54, 1.807) is 48.7 Å². The summed E-state index contributed by atoms with van der Waals surface area (Å²) in [6, 6.07) is 20.8. The van der Waals surface area contributed by atoms with Crippen molar-refractivity contribution in [1.29, 1.82) is 0 Å². The van der Waals surface area contributed by atoms with Crippen molar-refractivity contribution in [3.8, 4) is 11.4 Å². The highest BCUT2D eigenvalue weighted by molar-refractivity contribution is 6.04. The Hall–Kier alpha value is -4.06. The first-order valence-corrected chi connectivity index (χ1v) is 9.82. The molecule has 1 aromatic heterocycles. The lowest BCUT2D eigenvalue weighted by atomic mass is 10.1. The van der Waals surface area contributed by atoms with Crippen LogP contribution in [0.3, 0.4) is 0 Å². The van der Waals surface area contributed by atoms with Crippen molar-refractivity contribution < 1.29 is 9.18 Å². The molecule has 6 heteroatoms. The molecule has 0 aliphatic heterocycles. The van der Waals surface area contributed by atoms with E-state index in [9.17, 15) is 9.18 Å². The number of aryl methyl sites for hydroxylation is 2. The van der Waals surface area contributed by atoms with E-state index >= 15 is 0 Å². The minimum Gasteiger partial charge on any atom is -0.340 e. The molecule has 2 N–H and O–H groups in total. The lowest BCUT2D eigenvalue weighted by molar-refractivity contribution is 0.102. The fourth-order valence-corrected chi connectivity index (χ4v) is 3.07. The number of nitrogens with one attached hydrogen (secondary N) is 2. The molecule has 0 saturated carbocycles. The third-order valence-corrected chi connectivity index (χ3v) is 4.92. The van der Waals surface area contributed by atoms with Gasteiger partial charge >= 0.3 is 0 Å². The molecule has 0 aliphatic rings. The fourth-order valence-electron chi connectivity index (χ4n) is 3.07. The molecule has 0 fully saturated rings. The number of hydrogen-bond donors (Lipinski definition) is 2. The predicted octanol–water partition coefficient (Wildman–Crippen LogP) is 5.90. The van der Waals surface area contributed by atoms with E-state index in [2.05, 4.69) is 20.6 Å². The second-order valence-corrected chi connectivity index (χ2v) is 7.23. The maximum Gasteiger partial charge on any atom is 0.255 e. The van der Waals surface area contributed by atoms with E-state index in [0.29, 0.717) is 22.8 Å². The summed E-state index contributed by atoms with van der Waals surface area (Å²) in [6.45, 7) is 4.05. The Kier molecular flexibility index (Phi) is 5.71. The van der Waals surface area contributed by atoms with Gasteiger partial charge in [0.25, 0.3) is 5.91 Å². The highest BCUT2D eigenvalue weighted by Gasteiger charge is 2.08. The standard InChI is InChI=1S/C25H21FN4O/c1-16-6-9-22(14-17(16)2)29-25(31)18-7-10-21(11-8-18)28-23-12-13-27-24(30-23)19-4-3-5-20(26)15-19/h3-15H,1-2H3,(H,29,31)(H,27,28,30). The van der Waals surface area contributed by atoms with Crippen molar-refractivity contribution in [3.63, 3.8) is 0 Å². The molecule has 0 spiro atoms. The SMILES string of the molecule is Cc1ccc(NC(=O)c2ccc(Nc3ccnc(-c4cccc(F)c4)n3)cc2)cc1C. The Morgan fingerprint density at radius 1 is 0.871 bits per heavy atom. The molecule has 1 amide bonds. The predicted molar refractivity (Wildman–Crippen MR) is 121 cm³/mol. The van der Waals surface area contributed by atoms with Crippen molar-refractivity contribution in [3.05, 3.63) is 102 Å². The van der Waals surface area contributed by atoms with Crippen LogP contribution in [0.15, 0.2) is 79.0 Å². The van der Waals surface area contributed by atoms with Gasteiger partial charge in [-0.1, -0.05) is 18.2 Å².